The van der Waals surface area contributed by atoms with E-state index in [4.69, 9.17) is 0 Å². The molecule has 0 radical (unpaired) electrons. The molecule has 1 aliphatic rings. The fraction of sp³-hybridized carbons (Fsp3) is 0.643. The van der Waals surface area contributed by atoms with E-state index in [9.17, 15) is 0 Å². The molecule has 17 heavy (non-hydrogen) atoms. The number of rotatable bonds is 4. The number of pyridine rings is 1. The highest BCUT2D eigenvalue weighted by Gasteiger charge is 2.23. The van der Waals surface area contributed by atoms with Gasteiger partial charge in [-0.1, -0.05) is 19.9 Å². The van der Waals surface area contributed by atoms with Crippen LogP contribution in [0.15, 0.2) is 24.5 Å². The van der Waals surface area contributed by atoms with Gasteiger partial charge >= 0.3 is 0 Å². The minimum Gasteiger partial charge on any atom is -0.314 e. The first-order valence-electron chi connectivity index (χ1n) is 6.48. The Morgan fingerprint density at radius 2 is 2.12 bits per heavy atom. The van der Waals surface area contributed by atoms with E-state index in [1.165, 1.54) is 25.2 Å². The summed E-state index contributed by atoms with van der Waals surface area (Å²) in [6.07, 6.45) is 4.93. The molecular formula is C14H23N3. The van der Waals surface area contributed by atoms with E-state index in [0.717, 1.165) is 19.5 Å². The second-order valence-electron chi connectivity index (χ2n) is 5.73. The average Bonchev–Trinajstić information content (AvgIpc) is 2.30. The van der Waals surface area contributed by atoms with E-state index >= 15 is 0 Å². The van der Waals surface area contributed by atoms with Gasteiger partial charge in [-0.05, 0) is 23.5 Å². The van der Waals surface area contributed by atoms with Gasteiger partial charge in [0.25, 0.3) is 0 Å². The first-order valence-corrected chi connectivity index (χ1v) is 6.48. The second-order valence-corrected chi connectivity index (χ2v) is 5.73. The molecule has 2 heterocycles. The van der Waals surface area contributed by atoms with Gasteiger partial charge in [0, 0.05) is 45.1 Å². The van der Waals surface area contributed by atoms with Crippen LogP contribution in [0.25, 0.3) is 0 Å². The first-order chi connectivity index (χ1) is 8.16. The molecule has 3 nitrogen and oxygen atoms in total. The van der Waals surface area contributed by atoms with Crippen molar-refractivity contribution in [1.29, 1.82) is 0 Å². The molecule has 0 bridgehead atoms. The van der Waals surface area contributed by atoms with Crippen LogP contribution in [0.3, 0.4) is 0 Å². The van der Waals surface area contributed by atoms with Gasteiger partial charge in [0.15, 0.2) is 0 Å². The molecule has 1 aromatic heterocycles. The Kier molecular flexibility index (Phi) is 4.13. The van der Waals surface area contributed by atoms with Gasteiger partial charge < -0.3 is 10.2 Å². The van der Waals surface area contributed by atoms with Crippen LogP contribution < -0.4 is 5.32 Å². The van der Waals surface area contributed by atoms with Gasteiger partial charge in [-0.2, -0.15) is 0 Å². The molecule has 1 aliphatic heterocycles. The van der Waals surface area contributed by atoms with E-state index in [1.807, 2.05) is 18.5 Å². The minimum atomic E-state index is 0.320. The molecule has 1 aromatic rings. The molecule has 1 saturated heterocycles. The first kappa shape index (κ1) is 12.5. The van der Waals surface area contributed by atoms with Gasteiger partial charge in [0.05, 0.1) is 0 Å². The molecule has 0 spiro atoms. The highest BCUT2D eigenvalue weighted by atomic mass is 15.2. The lowest BCUT2D eigenvalue weighted by Gasteiger charge is -2.35. The largest absolute Gasteiger partial charge is 0.314 e. The van der Waals surface area contributed by atoms with Crippen molar-refractivity contribution in [3.63, 3.8) is 0 Å². The number of piperazine rings is 1. The van der Waals surface area contributed by atoms with Crippen molar-refractivity contribution in [2.75, 3.05) is 32.7 Å². The smallest absolute Gasteiger partial charge is 0.0300 e. The molecule has 0 aliphatic carbocycles. The van der Waals surface area contributed by atoms with E-state index in [1.54, 1.807) is 0 Å². The van der Waals surface area contributed by atoms with Gasteiger partial charge in [-0.3, -0.25) is 4.98 Å². The highest BCUT2D eigenvalue weighted by Crippen LogP contribution is 2.22. The quantitative estimate of drug-likeness (QED) is 0.855. The van der Waals surface area contributed by atoms with E-state index < -0.39 is 0 Å². The third-order valence-corrected chi connectivity index (χ3v) is 3.27. The van der Waals surface area contributed by atoms with Crippen LogP contribution in [0.1, 0.15) is 19.4 Å². The summed E-state index contributed by atoms with van der Waals surface area (Å²) in [5.41, 5.74) is 1.66. The Balaban J connectivity index is 1.89. The Morgan fingerprint density at radius 1 is 1.35 bits per heavy atom. The summed E-state index contributed by atoms with van der Waals surface area (Å²) >= 11 is 0. The lowest BCUT2D eigenvalue weighted by Crippen LogP contribution is -2.47. The van der Waals surface area contributed by atoms with Crippen molar-refractivity contribution < 1.29 is 0 Å². The SMILES string of the molecule is CC(C)(Cc1cccnc1)CN1CCNCC1. The van der Waals surface area contributed by atoms with Crippen molar-refractivity contribution in [2.24, 2.45) is 5.41 Å². The zero-order valence-electron chi connectivity index (χ0n) is 10.9. The van der Waals surface area contributed by atoms with Crippen molar-refractivity contribution in [1.82, 2.24) is 15.2 Å². The van der Waals surface area contributed by atoms with E-state index in [2.05, 4.69) is 35.1 Å². The number of nitrogens with one attached hydrogen (secondary N) is 1. The predicted octanol–water partition coefficient (Wildman–Crippen LogP) is 1.56. The fourth-order valence-electron chi connectivity index (χ4n) is 2.59. The van der Waals surface area contributed by atoms with Crippen LogP contribution in [-0.4, -0.2) is 42.6 Å². The second kappa shape index (κ2) is 5.61. The maximum Gasteiger partial charge on any atom is 0.0300 e. The summed E-state index contributed by atoms with van der Waals surface area (Å²) in [6.45, 7) is 10.5. The summed E-state index contributed by atoms with van der Waals surface area (Å²) in [5.74, 6) is 0. The van der Waals surface area contributed by atoms with Gasteiger partial charge in [0.2, 0.25) is 0 Å². The fourth-order valence-corrected chi connectivity index (χ4v) is 2.59. The van der Waals surface area contributed by atoms with Gasteiger partial charge in [0.1, 0.15) is 0 Å². The molecule has 1 fully saturated rings. The topological polar surface area (TPSA) is 28.2 Å². The molecule has 0 amide bonds. The number of nitrogens with zero attached hydrogens (tertiary/aromatic N) is 2. The van der Waals surface area contributed by atoms with Crippen LogP contribution in [0.5, 0.6) is 0 Å². The molecule has 1 N–H and O–H groups in total. The summed E-state index contributed by atoms with van der Waals surface area (Å²) in [7, 11) is 0. The maximum absolute atomic E-state index is 4.19. The van der Waals surface area contributed by atoms with Crippen molar-refractivity contribution in [3.8, 4) is 0 Å². The molecule has 94 valence electrons. The molecule has 0 unspecified atom stereocenters. The van der Waals surface area contributed by atoms with E-state index in [0.29, 0.717) is 5.41 Å². The normalized spacial score (nSPS) is 18.2. The Morgan fingerprint density at radius 3 is 2.76 bits per heavy atom. The zero-order chi connectivity index (χ0) is 12.1. The molecular weight excluding hydrogens is 210 g/mol. The van der Waals surface area contributed by atoms with Gasteiger partial charge in [-0.25, -0.2) is 0 Å². The number of hydrogen-bond acceptors (Lipinski definition) is 3. The third-order valence-electron chi connectivity index (χ3n) is 3.27. The monoisotopic (exact) mass is 233 g/mol. The lowest BCUT2D eigenvalue weighted by atomic mass is 9.85. The van der Waals surface area contributed by atoms with Crippen LogP contribution in [0.4, 0.5) is 0 Å². The van der Waals surface area contributed by atoms with Crippen LogP contribution in [0, 0.1) is 5.41 Å². The lowest BCUT2D eigenvalue weighted by molar-refractivity contribution is 0.160. The van der Waals surface area contributed by atoms with Crippen molar-refractivity contribution >= 4 is 0 Å². The maximum atomic E-state index is 4.19. The summed E-state index contributed by atoms with van der Waals surface area (Å²) < 4.78 is 0. The zero-order valence-corrected chi connectivity index (χ0v) is 10.9. The summed E-state index contributed by atoms with van der Waals surface area (Å²) in [4.78, 5) is 6.75. The summed E-state index contributed by atoms with van der Waals surface area (Å²) in [5, 5.41) is 3.40. The van der Waals surface area contributed by atoms with E-state index in [-0.39, 0.29) is 0 Å². The number of hydrogen-bond donors (Lipinski definition) is 1. The highest BCUT2D eigenvalue weighted by molar-refractivity contribution is 5.10. The number of aromatic nitrogens is 1. The third kappa shape index (κ3) is 4.10. The Hall–Kier alpha value is -0.930. The molecule has 3 heteroatoms. The van der Waals surface area contributed by atoms with Crippen LogP contribution in [0.2, 0.25) is 0 Å². The van der Waals surface area contributed by atoms with Gasteiger partial charge in [-0.15, -0.1) is 0 Å². The van der Waals surface area contributed by atoms with Crippen molar-refractivity contribution in [3.05, 3.63) is 30.1 Å². The van der Waals surface area contributed by atoms with Crippen molar-refractivity contribution in [2.45, 2.75) is 20.3 Å². The summed E-state index contributed by atoms with van der Waals surface area (Å²) in [6, 6.07) is 4.20. The molecule has 2 rings (SSSR count). The Bertz CT molecular complexity index is 329. The average molecular weight is 233 g/mol. The minimum absolute atomic E-state index is 0.320. The van der Waals surface area contributed by atoms with Crippen LogP contribution >= 0.6 is 0 Å². The predicted molar refractivity (Wildman–Crippen MR) is 71.0 cm³/mol. The standard InChI is InChI=1S/C14H23N3/c1-14(2,10-13-4-3-5-16-11-13)12-17-8-6-15-7-9-17/h3-5,11,15H,6-10,12H2,1-2H3. The molecule has 0 aromatic carbocycles. The Labute approximate surface area is 104 Å². The molecule has 0 atom stereocenters. The molecule has 0 saturated carbocycles. The van der Waals surface area contributed by atoms with Crippen LogP contribution in [-0.2, 0) is 6.42 Å².